The largest absolute Gasteiger partial charge is 0.493 e. The minimum Gasteiger partial charge on any atom is -0.493 e. The summed E-state index contributed by atoms with van der Waals surface area (Å²) in [7, 11) is 0. The summed E-state index contributed by atoms with van der Waals surface area (Å²) < 4.78 is 37.9. The van der Waals surface area contributed by atoms with Crippen molar-refractivity contribution in [1.29, 1.82) is 0 Å². The zero-order valence-electron chi connectivity index (χ0n) is 19.0. The maximum Gasteiger partial charge on any atom is 0.307 e. The molecule has 0 fully saturated rings. The van der Waals surface area contributed by atoms with E-state index in [1.54, 1.807) is 54.6 Å². The molecule has 0 saturated carbocycles. The number of hydrogen-bond acceptors (Lipinski definition) is 5. The molecular formula is C27H22F2N2O5. The third kappa shape index (κ3) is 6.32. The Balaban J connectivity index is 1.40. The summed E-state index contributed by atoms with van der Waals surface area (Å²) in [4.78, 5) is 27.5. The highest BCUT2D eigenvalue weighted by atomic mass is 19.1. The van der Waals surface area contributed by atoms with Crippen molar-refractivity contribution >= 4 is 34.7 Å². The van der Waals surface area contributed by atoms with Gasteiger partial charge in [-0.05, 0) is 59.7 Å². The summed E-state index contributed by atoms with van der Waals surface area (Å²) in [5.74, 6) is -1.37. The number of amides is 1. The number of carbonyl (C=O) groups excluding carboxylic acids is 1. The molecule has 0 atom stereocenters. The number of alkyl halides is 1. The summed E-state index contributed by atoms with van der Waals surface area (Å²) in [6.07, 6.45) is 3.03. The second-order valence-corrected chi connectivity index (χ2v) is 7.87. The number of nitrogens with one attached hydrogen (secondary N) is 1. The SMILES string of the molecule is O=C(O)Cc1ccc2oc(-c3ccc(NC(=O)/C=C/c4ccc(OCCCF)cc4)c(F)c3)nc2c1. The minimum absolute atomic E-state index is 0.00938. The molecule has 1 amide bonds. The van der Waals surface area contributed by atoms with Crippen molar-refractivity contribution in [1.82, 2.24) is 4.98 Å². The number of ether oxygens (including phenoxy) is 1. The first-order valence-electron chi connectivity index (χ1n) is 11.1. The Labute approximate surface area is 205 Å². The molecule has 184 valence electrons. The van der Waals surface area contributed by atoms with Gasteiger partial charge >= 0.3 is 5.97 Å². The number of carboxylic acids is 1. The molecular weight excluding hydrogens is 470 g/mol. The molecule has 0 unspecified atom stereocenters. The van der Waals surface area contributed by atoms with Crippen LogP contribution in [0.2, 0.25) is 0 Å². The van der Waals surface area contributed by atoms with Crippen LogP contribution >= 0.6 is 0 Å². The molecule has 0 aliphatic rings. The molecule has 1 aromatic heterocycles. The van der Waals surface area contributed by atoms with Crippen molar-refractivity contribution in [3.05, 3.63) is 83.7 Å². The van der Waals surface area contributed by atoms with E-state index in [0.29, 0.717) is 41.0 Å². The van der Waals surface area contributed by atoms with Gasteiger partial charge in [-0.15, -0.1) is 0 Å². The summed E-state index contributed by atoms with van der Waals surface area (Å²) in [5.41, 5.74) is 2.58. The van der Waals surface area contributed by atoms with Gasteiger partial charge in [0.15, 0.2) is 5.58 Å². The molecule has 2 N–H and O–H groups in total. The Kier molecular flexibility index (Phi) is 7.69. The maximum atomic E-state index is 14.7. The first kappa shape index (κ1) is 24.6. The van der Waals surface area contributed by atoms with Crippen LogP contribution in [0.15, 0.2) is 71.2 Å². The Morgan fingerprint density at radius 2 is 1.89 bits per heavy atom. The summed E-state index contributed by atoms with van der Waals surface area (Å²) in [6, 6.07) is 16.0. The molecule has 0 saturated heterocycles. The summed E-state index contributed by atoms with van der Waals surface area (Å²) >= 11 is 0. The average molecular weight is 492 g/mol. The number of benzene rings is 3. The van der Waals surface area contributed by atoms with E-state index in [9.17, 15) is 18.4 Å². The third-order valence-corrected chi connectivity index (χ3v) is 5.14. The molecule has 3 aromatic carbocycles. The number of carboxylic acid groups (broad SMARTS) is 1. The lowest BCUT2D eigenvalue weighted by Gasteiger charge is -2.06. The fourth-order valence-electron chi connectivity index (χ4n) is 3.40. The van der Waals surface area contributed by atoms with Crippen LogP contribution in [0.3, 0.4) is 0 Å². The Morgan fingerprint density at radius 1 is 1.08 bits per heavy atom. The number of carbonyl (C=O) groups is 2. The lowest BCUT2D eigenvalue weighted by atomic mass is 10.1. The van der Waals surface area contributed by atoms with Crippen molar-refractivity contribution in [2.45, 2.75) is 12.8 Å². The third-order valence-electron chi connectivity index (χ3n) is 5.14. The van der Waals surface area contributed by atoms with Crippen molar-refractivity contribution in [2.75, 3.05) is 18.6 Å². The topological polar surface area (TPSA) is 102 Å². The molecule has 9 heteroatoms. The normalized spacial score (nSPS) is 11.2. The van der Waals surface area contributed by atoms with E-state index in [2.05, 4.69) is 10.3 Å². The molecule has 36 heavy (non-hydrogen) atoms. The summed E-state index contributed by atoms with van der Waals surface area (Å²) in [6.45, 7) is -0.147. The van der Waals surface area contributed by atoms with Crippen molar-refractivity contribution in [3.63, 3.8) is 0 Å². The van der Waals surface area contributed by atoms with Crippen LogP contribution in [0.1, 0.15) is 17.5 Å². The average Bonchev–Trinajstić information content (AvgIpc) is 3.28. The highest BCUT2D eigenvalue weighted by Crippen LogP contribution is 2.28. The van der Waals surface area contributed by atoms with Gasteiger partial charge in [0.05, 0.1) is 25.4 Å². The van der Waals surface area contributed by atoms with Crippen molar-refractivity contribution in [3.8, 4) is 17.2 Å². The molecule has 0 aliphatic heterocycles. The zero-order chi connectivity index (χ0) is 25.5. The Morgan fingerprint density at radius 3 is 2.61 bits per heavy atom. The van der Waals surface area contributed by atoms with Gasteiger partial charge in [-0.3, -0.25) is 14.0 Å². The van der Waals surface area contributed by atoms with Crippen LogP contribution in [0.25, 0.3) is 28.6 Å². The predicted octanol–water partition coefficient (Wildman–Crippen LogP) is 5.65. The number of rotatable bonds is 10. The van der Waals surface area contributed by atoms with Crippen LogP contribution in [-0.2, 0) is 16.0 Å². The standard InChI is InChI=1S/C27H22F2N2O5/c28-12-1-13-35-20-7-2-17(3-8-20)5-11-25(32)30-22-9-6-19(16-21(22)29)27-31-23-14-18(15-26(33)34)4-10-24(23)36-27/h2-11,14,16H,1,12-13,15H2,(H,30,32)(H,33,34)/b11-5+. The molecule has 4 rings (SSSR count). The highest BCUT2D eigenvalue weighted by molar-refractivity contribution is 6.02. The van der Waals surface area contributed by atoms with E-state index in [4.69, 9.17) is 14.3 Å². The molecule has 0 spiro atoms. The number of anilines is 1. The van der Waals surface area contributed by atoms with Gasteiger partial charge in [-0.25, -0.2) is 9.37 Å². The van der Waals surface area contributed by atoms with Crippen molar-refractivity contribution < 1.29 is 32.6 Å². The smallest absolute Gasteiger partial charge is 0.307 e. The van der Waals surface area contributed by atoms with Gasteiger partial charge in [0.25, 0.3) is 0 Å². The number of aromatic nitrogens is 1. The van der Waals surface area contributed by atoms with Gasteiger partial charge < -0.3 is 19.6 Å². The van der Waals surface area contributed by atoms with E-state index >= 15 is 0 Å². The van der Waals surface area contributed by atoms with E-state index in [1.165, 1.54) is 18.2 Å². The van der Waals surface area contributed by atoms with E-state index in [1.807, 2.05) is 0 Å². The molecule has 4 aromatic rings. The van der Waals surface area contributed by atoms with Crippen molar-refractivity contribution in [2.24, 2.45) is 0 Å². The quantitative estimate of drug-likeness (QED) is 0.219. The lowest BCUT2D eigenvalue weighted by molar-refractivity contribution is -0.136. The van der Waals surface area contributed by atoms with Crippen LogP contribution in [0.5, 0.6) is 5.75 Å². The Bertz CT molecular complexity index is 1410. The number of aliphatic carboxylic acids is 1. The maximum absolute atomic E-state index is 14.7. The highest BCUT2D eigenvalue weighted by Gasteiger charge is 2.13. The fraction of sp³-hybridized carbons (Fsp3) is 0.148. The number of hydrogen-bond donors (Lipinski definition) is 2. The van der Waals surface area contributed by atoms with Gasteiger partial charge in [-0.1, -0.05) is 18.2 Å². The van der Waals surface area contributed by atoms with Crippen LogP contribution in [-0.4, -0.2) is 35.2 Å². The van der Waals surface area contributed by atoms with Crippen LogP contribution in [0.4, 0.5) is 14.5 Å². The minimum atomic E-state index is -0.957. The molecule has 0 aliphatic carbocycles. The van der Waals surface area contributed by atoms with E-state index in [-0.39, 0.29) is 18.0 Å². The van der Waals surface area contributed by atoms with Crippen LogP contribution in [0, 0.1) is 5.82 Å². The zero-order valence-corrected chi connectivity index (χ0v) is 19.0. The first-order valence-corrected chi connectivity index (χ1v) is 11.1. The summed E-state index contributed by atoms with van der Waals surface area (Å²) in [5, 5.41) is 11.4. The monoisotopic (exact) mass is 492 g/mol. The lowest BCUT2D eigenvalue weighted by Crippen LogP contribution is -2.09. The van der Waals surface area contributed by atoms with Gasteiger partial charge in [0.1, 0.15) is 17.1 Å². The van der Waals surface area contributed by atoms with E-state index < -0.39 is 24.4 Å². The van der Waals surface area contributed by atoms with Gasteiger partial charge in [-0.2, -0.15) is 0 Å². The number of fused-ring (bicyclic) bond motifs is 1. The molecule has 7 nitrogen and oxygen atoms in total. The first-order chi connectivity index (χ1) is 17.4. The van der Waals surface area contributed by atoms with Crippen LogP contribution < -0.4 is 10.1 Å². The second-order valence-electron chi connectivity index (χ2n) is 7.87. The molecule has 0 radical (unpaired) electrons. The fourth-order valence-corrected chi connectivity index (χ4v) is 3.40. The van der Waals surface area contributed by atoms with Gasteiger partial charge in [0.2, 0.25) is 11.8 Å². The van der Waals surface area contributed by atoms with E-state index in [0.717, 1.165) is 5.56 Å². The predicted molar refractivity (Wildman–Crippen MR) is 131 cm³/mol. The second kappa shape index (κ2) is 11.3. The van der Waals surface area contributed by atoms with Gasteiger partial charge in [0, 0.05) is 18.1 Å². The molecule has 0 bridgehead atoms. The number of nitrogens with zero attached hydrogens (tertiary/aromatic N) is 1. The number of halogens is 2. The number of oxazole rings is 1. The Hall–Kier alpha value is -4.53. The molecule has 1 heterocycles.